The van der Waals surface area contributed by atoms with E-state index in [4.69, 9.17) is 4.42 Å². The van der Waals surface area contributed by atoms with Crippen LogP contribution in [0, 0.1) is 6.92 Å². The molecule has 3 rings (SSSR count). The highest BCUT2D eigenvalue weighted by Crippen LogP contribution is 2.41. The van der Waals surface area contributed by atoms with Gasteiger partial charge in [0.15, 0.2) is 0 Å². The van der Waals surface area contributed by atoms with Crippen LogP contribution in [0.25, 0.3) is 6.08 Å². The van der Waals surface area contributed by atoms with Crippen molar-refractivity contribution in [2.45, 2.75) is 31.7 Å². The molecule has 0 atom stereocenters. The molecule has 3 nitrogen and oxygen atoms in total. The molecule has 2 aromatic rings. The van der Waals surface area contributed by atoms with Crippen LogP contribution in [-0.2, 0) is 10.3 Å². The third-order valence-corrected chi connectivity index (χ3v) is 4.06. The van der Waals surface area contributed by atoms with E-state index in [0.717, 1.165) is 25.0 Å². The summed E-state index contributed by atoms with van der Waals surface area (Å²) >= 11 is 0. The van der Waals surface area contributed by atoms with Gasteiger partial charge in [-0.05, 0) is 50.0 Å². The smallest absolute Gasteiger partial charge is 0.244 e. The average Bonchev–Trinajstić information content (AvgIpc) is 2.87. The molecule has 1 aliphatic carbocycles. The minimum Gasteiger partial charge on any atom is -0.462 e. The van der Waals surface area contributed by atoms with Crippen LogP contribution in [0.5, 0.6) is 0 Å². The van der Waals surface area contributed by atoms with E-state index in [0.29, 0.717) is 5.76 Å². The normalized spacial score (nSPS) is 16.6. The van der Waals surface area contributed by atoms with Gasteiger partial charge in [0.25, 0.3) is 0 Å². The van der Waals surface area contributed by atoms with Crippen LogP contribution in [0.2, 0.25) is 0 Å². The molecule has 1 aromatic heterocycles. The number of hydrogen-bond acceptors (Lipinski definition) is 2. The van der Waals surface area contributed by atoms with Gasteiger partial charge in [0, 0.05) is 6.08 Å². The number of furan rings is 1. The molecule has 3 heteroatoms. The Morgan fingerprint density at radius 1 is 1.19 bits per heavy atom. The first-order chi connectivity index (χ1) is 10.2. The number of rotatable bonds is 4. The monoisotopic (exact) mass is 281 g/mol. The van der Waals surface area contributed by atoms with Crippen molar-refractivity contribution in [1.29, 1.82) is 0 Å². The largest absolute Gasteiger partial charge is 0.462 e. The summed E-state index contributed by atoms with van der Waals surface area (Å²) in [5.41, 5.74) is 0.994. The van der Waals surface area contributed by atoms with Gasteiger partial charge < -0.3 is 9.73 Å². The van der Waals surface area contributed by atoms with Crippen LogP contribution in [-0.4, -0.2) is 5.91 Å². The highest BCUT2D eigenvalue weighted by molar-refractivity contribution is 5.92. The van der Waals surface area contributed by atoms with Crippen LogP contribution in [0.3, 0.4) is 0 Å². The standard InChI is InChI=1S/C18H19NO2/c1-14-8-9-16(21-14)10-11-17(20)19-18(12-5-13-18)15-6-3-2-4-7-15/h2-4,6-11H,5,12-13H2,1H3,(H,19,20)/b11-10+. The molecule has 21 heavy (non-hydrogen) atoms. The maximum absolute atomic E-state index is 12.2. The number of nitrogens with one attached hydrogen (secondary N) is 1. The fraction of sp³-hybridized carbons (Fsp3) is 0.278. The summed E-state index contributed by atoms with van der Waals surface area (Å²) in [7, 11) is 0. The van der Waals surface area contributed by atoms with E-state index in [-0.39, 0.29) is 11.4 Å². The summed E-state index contributed by atoms with van der Waals surface area (Å²) < 4.78 is 5.42. The molecule has 0 unspecified atom stereocenters. The predicted molar refractivity (Wildman–Crippen MR) is 82.6 cm³/mol. The molecule has 0 radical (unpaired) electrons. The minimum atomic E-state index is -0.193. The highest BCUT2D eigenvalue weighted by atomic mass is 16.3. The zero-order valence-electron chi connectivity index (χ0n) is 12.1. The second-order valence-electron chi connectivity index (χ2n) is 5.57. The van der Waals surface area contributed by atoms with Crippen LogP contribution >= 0.6 is 0 Å². The Balaban J connectivity index is 1.70. The van der Waals surface area contributed by atoms with Gasteiger partial charge >= 0.3 is 0 Å². The maximum atomic E-state index is 12.2. The third kappa shape index (κ3) is 2.92. The SMILES string of the molecule is Cc1ccc(/C=C/C(=O)NC2(c3ccccc3)CCC2)o1. The second kappa shape index (κ2) is 5.60. The zero-order chi connectivity index (χ0) is 14.7. The average molecular weight is 281 g/mol. The van der Waals surface area contributed by atoms with Crippen molar-refractivity contribution in [3.8, 4) is 0 Å². The molecular formula is C18H19NO2. The van der Waals surface area contributed by atoms with Gasteiger partial charge in [-0.25, -0.2) is 0 Å². The van der Waals surface area contributed by atoms with E-state index in [1.165, 1.54) is 5.56 Å². The lowest BCUT2D eigenvalue weighted by Gasteiger charge is -2.42. The van der Waals surface area contributed by atoms with E-state index in [2.05, 4.69) is 17.4 Å². The Morgan fingerprint density at radius 2 is 1.95 bits per heavy atom. The third-order valence-electron chi connectivity index (χ3n) is 4.06. The Morgan fingerprint density at radius 3 is 2.52 bits per heavy atom. The number of amides is 1. The molecule has 1 aliphatic rings. The van der Waals surface area contributed by atoms with Crippen LogP contribution < -0.4 is 5.32 Å². The number of hydrogen-bond donors (Lipinski definition) is 1. The van der Waals surface area contributed by atoms with Crippen molar-refractivity contribution in [3.63, 3.8) is 0 Å². The summed E-state index contributed by atoms with van der Waals surface area (Å²) in [5.74, 6) is 1.47. The molecule has 0 aliphatic heterocycles. The predicted octanol–water partition coefficient (Wildman–Crippen LogP) is 3.80. The maximum Gasteiger partial charge on any atom is 0.244 e. The van der Waals surface area contributed by atoms with Gasteiger partial charge in [0.05, 0.1) is 5.54 Å². The van der Waals surface area contributed by atoms with Crippen LogP contribution in [0.15, 0.2) is 53.0 Å². The molecule has 1 aromatic carbocycles. The Hall–Kier alpha value is -2.29. The van der Waals surface area contributed by atoms with E-state index < -0.39 is 0 Å². The molecule has 1 N–H and O–H groups in total. The van der Waals surface area contributed by atoms with E-state index in [1.54, 1.807) is 12.2 Å². The summed E-state index contributed by atoms with van der Waals surface area (Å²) in [6, 6.07) is 13.9. The topological polar surface area (TPSA) is 42.2 Å². The van der Waals surface area contributed by atoms with Crippen molar-refractivity contribution in [1.82, 2.24) is 5.32 Å². The van der Waals surface area contributed by atoms with Gasteiger partial charge in [-0.15, -0.1) is 0 Å². The van der Waals surface area contributed by atoms with Gasteiger partial charge in [-0.1, -0.05) is 30.3 Å². The van der Waals surface area contributed by atoms with Crippen LogP contribution in [0.1, 0.15) is 36.3 Å². The summed E-state index contributed by atoms with van der Waals surface area (Å²) in [6.45, 7) is 1.89. The number of aryl methyl sites for hydroxylation is 1. The van der Waals surface area contributed by atoms with E-state index in [9.17, 15) is 4.79 Å². The summed E-state index contributed by atoms with van der Waals surface area (Å²) in [4.78, 5) is 12.2. The lowest BCUT2D eigenvalue weighted by Crippen LogP contribution is -2.50. The fourth-order valence-electron chi connectivity index (χ4n) is 2.75. The molecule has 1 heterocycles. The van der Waals surface area contributed by atoms with Crippen molar-refractivity contribution >= 4 is 12.0 Å². The van der Waals surface area contributed by atoms with Crippen molar-refractivity contribution in [3.05, 3.63) is 65.6 Å². The molecule has 0 spiro atoms. The van der Waals surface area contributed by atoms with Crippen molar-refractivity contribution < 1.29 is 9.21 Å². The van der Waals surface area contributed by atoms with E-state index in [1.807, 2.05) is 37.3 Å². The number of carbonyl (C=O) groups is 1. The molecule has 1 amide bonds. The van der Waals surface area contributed by atoms with Gasteiger partial charge in [-0.3, -0.25) is 4.79 Å². The Labute approximate surface area is 124 Å². The quantitative estimate of drug-likeness (QED) is 0.866. The molecule has 108 valence electrons. The molecule has 0 saturated heterocycles. The first-order valence-electron chi connectivity index (χ1n) is 7.30. The van der Waals surface area contributed by atoms with Crippen LogP contribution in [0.4, 0.5) is 0 Å². The first kappa shape index (κ1) is 13.7. The summed E-state index contributed by atoms with van der Waals surface area (Å²) in [5, 5.41) is 3.16. The Bertz CT molecular complexity index is 651. The summed E-state index contributed by atoms with van der Waals surface area (Å²) in [6.07, 6.45) is 6.39. The number of carbonyl (C=O) groups excluding carboxylic acids is 1. The van der Waals surface area contributed by atoms with E-state index >= 15 is 0 Å². The second-order valence-corrected chi connectivity index (χ2v) is 5.57. The molecule has 1 fully saturated rings. The first-order valence-corrected chi connectivity index (χ1v) is 7.30. The lowest BCUT2D eigenvalue weighted by molar-refractivity contribution is -0.119. The minimum absolute atomic E-state index is 0.0763. The van der Waals surface area contributed by atoms with Crippen molar-refractivity contribution in [2.24, 2.45) is 0 Å². The van der Waals surface area contributed by atoms with Crippen molar-refractivity contribution in [2.75, 3.05) is 0 Å². The lowest BCUT2D eigenvalue weighted by atomic mass is 9.72. The fourth-order valence-corrected chi connectivity index (χ4v) is 2.75. The zero-order valence-corrected chi connectivity index (χ0v) is 12.1. The molecular weight excluding hydrogens is 262 g/mol. The van der Waals surface area contributed by atoms with Gasteiger partial charge in [-0.2, -0.15) is 0 Å². The highest BCUT2D eigenvalue weighted by Gasteiger charge is 2.39. The van der Waals surface area contributed by atoms with Gasteiger partial charge in [0.2, 0.25) is 5.91 Å². The number of benzene rings is 1. The molecule has 1 saturated carbocycles. The van der Waals surface area contributed by atoms with Gasteiger partial charge in [0.1, 0.15) is 11.5 Å². The Kier molecular flexibility index (Phi) is 3.65. The molecule has 0 bridgehead atoms.